The second kappa shape index (κ2) is 8.10. The largest absolute Gasteiger partial charge is 0.573 e. The molecule has 2 aromatic rings. The molecule has 0 aliphatic carbocycles. The number of piperazine rings is 1. The van der Waals surface area contributed by atoms with E-state index >= 15 is 0 Å². The number of hydrogen-bond donors (Lipinski definition) is 0. The van der Waals surface area contributed by atoms with Gasteiger partial charge in [-0.1, -0.05) is 42.5 Å². The molecule has 6 heteroatoms. The van der Waals surface area contributed by atoms with Crippen LogP contribution in [0.5, 0.6) is 5.75 Å². The molecule has 0 bridgehead atoms. The monoisotopic (exact) mass is 364 g/mol. The van der Waals surface area contributed by atoms with Crippen molar-refractivity contribution in [3.8, 4) is 5.75 Å². The van der Waals surface area contributed by atoms with Crippen LogP contribution >= 0.6 is 0 Å². The van der Waals surface area contributed by atoms with Crippen molar-refractivity contribution in [2.75, 3.05) is 33.2 Å². The summed E-state index contributed by atoms with van der Waals surface area (Å²) in [6.45, 7) is 3.85. The molecule has 1 heterocycles. The summed E-state index contributed by atoms with van der Waals surface area (Å²) in [7, 11) is 2.10. The van der Waals surface area contributed by atoms with Crippen LogP contribution in [-0.4, -0.2) is 49.4 Å². The van der Waals surface area contributed by atoms with Gasteiger partial charge in [-0.2, -0.15) is 0 Å². The summed E-state index contributed by atoms with van der Waals surface area (Å²) in [6, 6.07) is 16.6. The fourth-order valence-electron chi connectivity index (χ4n) is 3.32. The molecule has 0 radical (unpaired) electrons. The van der Waals surface area contributed by atoms with E-state index in [4.69, 9.17) is 0 Å². The molecule has 1 saturated heterocycles. The molecule has 0 aromatic heterocycles. The predicted molar refractivity (Wildman–Crippen MR) is 95.1 cm³/mol. The summed E-state index contributed by atoms with van der Waals surface area (Å²) in [5, 5.41) is 0. The number of likely N-dealkylation sites (N-methyl/N-ethyl adjacent to an activating group) is 1. The molecule has 0 spiro atoms. The number of nitrogens with zero attached hydrogens (tertiary/aromatic N) is 2. The van der Waals surface area contributed by atoms with Crippen LogP contribution in [0.3, 0.4) is 0 Å². The van der Waals surface area contributed by atoms with Gasteiger partial charge in [0, 0.05) is 32.2 Å². The van der Waals surface area contributed by atoms with Gasteiger partial charge >= 0.3 is 6.36 Å². The highest BCUT2D eigenvalue weighted by atomic mass is 19.4. The fraction of sp³-hybridized carbons (Fsp3) is 0.400. The first-order chi connectivity index (χ1) is 12.4. The lowest BCUT2D eigenvalue weighted by Gasteiger charge is -2.38. The lowest BCUT2D eigenvalue weighted by molar-refractivity contribution is -0.274. The average molecular weight is 364 g/mol. The van der Waals surface area contributed by atoms with Crippen LogP contribution in [-0.2, 0) is 6.42 Å². The summed E-state index contributed by atoms with van der Waals surface area (Å²) in [6.07, 6.45) is -3.84. The molecule has 1 atom stereocenters. The first-order valence-corrected chi connectivity index (χ1v) is 8.73. The summed E-state index contributed by atoms with van der Waals surface area (Å²) >= 11 is 0. The van der Waals surface area contributed by atoms with Crippen molar-refractivity contribution in [3.05, 3.63) is 65.7 Å². The van der Waals surface area contributed by atoms with Crippen LogP contribution in [0.25, 0.3) is 0 Å². The van der Waals surface area contributed by atoms with Gasteiger partial charge in [0.25, 0.3) is 0 Å². The smallest absolute Gasteiger partial charge is 0.406 e. The van der Waals surface area contributed by atoms with Crippen LogP contribution in [0.2, 0.25) is 0 Å². The van der Waals surface area contributed by atoms with Crippen LogP contribution in [0, 0.1) is 0 Å². The van der Waals surface area contributed by atoms with Crippen LogP contribution < -0.4 is 4.74 Å². The standard InChI is InChI=1S/C20H23F3N2O/c1-24-11-13-25(14-12-24)19(15-16-5-3-2-4-6-16)17-7-9-18(10-8-17)26-20(21,22)23/h2-10,19H,11-15H2,1H3. The Hall–Kier alpha value is -2.05. The summed E-state index contributed by atoms with van der Waals surface area (Å²) < 4.78 is 41.1. The second-order valence-electron chi connectivity index (χ2n) is 6.66. The third-order valence-corrected chi connectivity index (χ3v) is 4.75. The molecule has 1 aliphatic heterocycles. The highest BCUT2D eigenvalue weighted by Crippen LogP contribution is 2.29. The van der Waals surface area contributed by atoms with E-state index in [0.29, 0.717) is 0 Å². The first-order valence-electron chi connectivity index (χ1n) is 8.73. The van der Waals surface area contributed by atoms with E-state index < -0.39 is 6.36 Å². The number of rotatable bonds is 5. The van der Waals surface area contributed by atoms with E-state index in [-0.39, 0.29) is 11.8 Å². The van der Waals surface area contributed by atoms with Gasteiger partial charge in [0.05, 0.1) is 0 Å². The number of ether oxygens (including phenoxy) is 1. The predicted octanol–water partition coefficient (Wildman–Crippen LogP) is 4.12. The van der Waals surface area contributed by atoms with Crippen molar-refractivity contribution in [3.63, 3.8) is 0 Å². The quantitative estimate of drug-likeness (QED) is 0.794. The second-order valence-corrected chi connectivity index (χ2v) is 6.66. The Morgan fingerprint density at radius 3 is 2.12 bits per heavy atom. The lowest BCUT2D eigenvalue weighted by Crippen LogP contribution is -2.46. The van der Waals surface area contributed by atoms with Crippen molar-refractivity contribution >= 4 is 0 Å². The highest BCUT2D eigenvalue weighted by Gasteiger charge is 2.31. The minimum atomic E-state index is -4.66. The summed E-state index contributed by atoms with van der Waals surface area (Å²) in [4.78, 5) is 4.70. The van der Waals surface area contributed by atoms with Crippen molar-refractivity contribution in [1.29, 1.82) is 0 Å². The van der Waals surface area contributed by atoms with E-state index in [1.807, 2.05) is 18.2 Å². The van der Waals surface area contributed by atoms with E-state index in [2.05, 4.69) is 33.7 Å². The Labute approximate surface area is 152 Å². The zero-order chi connectivity index (χ0) is 18.6. The number of halogens is 3. The fourth-order valence-corrected chi connectivity index (χ4v) is 3.32. The Bertz CT molecular complexity index is 680. The molecule has 2 aromatic carbocycles. The topological polar surface area (TPSA) is 15.7 Å². The van der Waals surface area contributed by atoms with Gasteiger partial charge in [0.2, 0.25) is 0 Å². The number of alkyl halides is 3. The van der Waals surface area contributed by atoms with Gasteiger partial charge in [0.1, 0.15) is 5.75 Å². The molecule has 0 amide bonds. The van der Waals surface area contributed by atoms with Crippen molar-refractivity contribution < 1.29 is 17.9 Å². The van der Waals surface area contributed by atoms with Crippen LogP contribution in [0.15, 0.2) is 54.6 Å². The van der Waals surface area contributed by atoms with Crippen molar-refractivity contribution in [2.24, 2.45) is 0 Å². The Balaban J connectivity index is 1.80. The lowest BCUT2D eigenvalue weighted by atomic mass is 9.96. The molecule has 0 N–H and O–H groups in total. The zero-order valence-corrected chi connectivity index (χ0v) is 14.7. The summed E-state index contributed by atoms with van der Waals surface area (Å²) in [5.41, 5.74) is 2.22. The SMILES string of the molecule is CN1CCN(C(Cc2ccccc2)c2ccc(OC(F)(F)F)cc2)CC1. The minimum absolute atomic E-state index is 0.131. The van der Waals surface area contributed by atoms with Gasteiger partial charge < -0.3 is 9.64 Å². The van der Waals surface area contributed by atoms with Crippen LogP contribution in [0.4, 0.5) is 13.2 Å². The van der Waals surface area contributed by atoms with E-state index in [1.54, 1.807) is 12.1 Å². The maximum absolute atomic E-state index is 12.4. The van der Waals surface area contributed by atoms with Crippen LogP contribution in [0.1, 0.15) is 17.2 Å². The maximum Gasteiger partial charge on any atom is 0.573 e. The van der Waals surface area contributed by atoms with E-state index in [9.17, 15) is 13.2 Å². The molecule has 0 saturated carbocycles. The molecular formula is C20H23F3N2O. The van der Waals surface area contributed by atoms with E-state index in [1.165, 1.54) is 17.7 Å². The molecule has 1 aliphatic rings. The summed E-state index contributed by atoms with van der Waals surface area (Å²) in [5.74, 6) is -0.182. The highest BCUT2D eigenvalue weighted by molar-refractivity contribution is 5.31. The third kappa shape index (κ3) is 5.22. The Morgan fingerprint density at radius 2 is 1.54 bits per heavy atom. The van der Waals surface area contributed by atoms with Gasteiger partial charge in [-0.25, -0.2) is 0 Å². The number of benzene rings is 2. The van der Waals surface area contributed by atoms with Gasteiger partial charge in [-0.3, -0.25) is 4.90 Å². The number of hydrogen-bond acceptors (Lipinski definition) is 3. The molecule has 3 rings (SSSR count). The normalized spacial score (nSPS) is 17.8. The van der Waals surface area contributed by atoms with Gasteiger partial charge in [0.15, 0.2) is 0 Å². The zero-order valence-electron chi connectivity index (χ0n) is 14.7. The molecule has 140 valence electrons. The van der Waals surface area contributed by atoms with E-state index in [0.717, 1.165) is 38.2 Å². The third-order valence-electron chi connectivity index (χ3n) is 4.75. The van der Waals surface area contributed by atoms with Crippen molar-refractivity contribution in [2.45, 2.75) is 18.8 Å². The molecule has 1 unspecified atom stereocenters. The molecule has 1 fully saturated rings. The average Bonchev–Trinajstić information content (AvgIpc) is 2.61. The Morgan fingerprint density at radius 1 is 0.923 bits per heavy atom. The molecule has 3 nitrogen and oxygen atoms in total. The van der Waals surface area contributed by atoms with Gasteiger partial charge in [-0.05, 0) is 36.7 Å². The Kier molecular flexibility index (Phi) is 5.84. The maximum atomic E-state index is 12.4. The van der Waals surface area contributed by atoms with Crippen molar-refractivity contribution in [1.82, 2.24) is 9.80 Å². The molecular weight excluding hydrogens is 341 g/mol. The first kappa shape index (κ1) is 18.7. The van der Waals surface area contributed by atoms with Gasteiger partial charge in [-0.15, -0.1) is 13.2 Å². The molecule has 26 heavy (non-hydrogen) atoms. The minimum Gasteiger partial charge on any atom is -0.406 e.